The number of aliphatic hydroxyl groups is 1. The molecule has 13 nitrogen and oxygen atoms in total. The molecule has 2 aromatic heterocycles. The summed E-state index contributed by atoms with van der Waals surface area (Å²) in [6.07, 6.45) is 8.18. The van der Waals surface area contributed by atoms with Gasteiger partial charge in [0.1, 0.15) is 42.7 Å². The molecule has 4 aromatic rings. The Bertz CT molecular complexity index is 2040. The Balaban J connectivity index is 0.945. The number of unbranched alkanes of at least 4 members (excludes halogenated alkanes) is 4. The molecular weight excluding hydrogens is 879 g/mol. The smallest absolute Gasteiger partial charge is 0.363 e. The fraction of sp³-hybridized carbons (Fsp3) is 0.569. The van der Waals surface area contributed by atoms with E-state index in [2.05, 4.69) is 54.6 Å². The highest BCUT2D eigenvalue weighted by Crippen LogP contribution is 2.52. The molecule has 0 saturated carbocycles. The highest BCUT2D eigenvalue weighted by atomic mass is 32.1. The topological polar surface area (TPSA) is 145 Å². The number of nitrogens with one attached hydrogen (secondary N) is 1. The zero-order chi connectivity index (χ0) is 46.6. The van der Waals surface area contributed by atoms with E-state index in [0.29, 0.717) is 60.1 Å². The summed E-state index contributed by atoms with van der Waals surface area (Å²) in [5.41, 5.74) is 1.03. The predicted octanol–water partition coefficient (Wildman–Crippen LogP) is 8.00. The molecule has 3 N–H and O–H groups in total. The Morgan fingerprint density at radius 3 is 2.18 bits per heavy atom. The Morgan fingerprint density at radius 1 is 0.879 bits per heavy atom. The molecular formula is C51H71N3O10S2+2. The van der Waals surface area contributed by atoms with Crippen molar-refractivity contribution in [1.82, 2.24) is 5.32 Å². The quantitative estimate of drug-likeness (QED) is 0.00927. The molecule has 66 heavy (non-hydrogen) atoms. The zero-order valence-electron chi connectivity index (χ0n) is 39.1. The van der Waals surface area contributed by atoms with Crippen LogP contribution >= 0.6 is 22.7 Å². The van der Waals surface area contributed by atoms with Crippen molar-refractivity contribution < 1.29 is 57.5 Å². The SMILES string of the molecule is CC[N+](CC)(CC(=O)OC(C(=O)OC1CC2[C@H]3O[C@H]3C(C1)[N+]2(C)C)(c1cccs1)c1cccs1)Cc1cc(C(O)CNCCCCCCOCCCCc2ccccc2)ccc1OCOO. The van der Waals surface area contributed by atoms with Gasteiger partial charge >= 0.3 is 11.9 Å². The molecule has 6 atom stereocenters. The van der Waals surface area contributed by atoms with Crippen molar-refractivity contribution in [2.45, 2.75) is 120 Å². The van der Waals surface area contributed by atoms with Gasteiger partial charge in [-0.25, -0.2) is 14.8 Å². The Hall–Kier alpha value is -3.74. The average molecular weight is 950 g/mol. The minimum absolute atomic E-state index is 0.0517. The molecule has 15 heteroatoms. The maximum Gasteiger partial charge on any atom is 0.363 e. The minimum atomic E-state index is -1.78. The van der Waals surface area contributed by atoms with Gasteiger partial charge in [-0.3, -0.25) is 0 Å². The van der Waals surface area contributed by atoms with E-state index in [1.165, 1.54) is 28.2 Å². The monoisotopic (exact) mass is 949 g/mol. The van der Waals surface area contributed by atoms with Crippen LogP contribution in [0.5, 0.6) is 5.75 Å². The van der Waals surface area contributed by atoms with E-state index in [9.17, 15) is 20.0 Å². The van der Waals surface area contributed by atoms with Crippen molar-refractivity contribution in [1.29, 1.82) is 0 Å². The summed E-state index contributed by atoms with van der Waals surface area (Å²) >= 11 is 2.72. The van der Waals surface area contributed by atoms with Gasteiger partial charge in [0.05, 0.1) is 43.0 Å². The number of thiophene rings is 2. The maximum absolute atomic E-state index is 14.8. The molecule has 0 radical (unpaired) electrons. The number of esters is 2. The maximum atomic E-state index is 14.8. The van der Waals surface area contributed by atoms with Gasteiger partial charge in [-0.05, 0) is 98.6 Å². The highest BCUT2D eigenvalue weighted by Gasteiger charge is 2.71. The fourth-order valence-corrected chi connectivity index (χ4v) is 11.9. The molecule has 2 aromatic carbocycles. The van der Waals surface area contributed by atoms with Gasteiger partial charge in [-0.1, -0.05) is 61.4 Å². The Morgan fingerprint density at radius 2 is 1.55 bits per heavy atom. The van der Waals surface area contributed by atoms with Gasteiger partial charge in [0.2, 0.25) is 6.79 Å². The number of fused-ring (bicyclic) bond motifs is 5. The summed E-state index contributed by atoms with van der Waals surface area (Å²) in [4.78, 5) is 34.9. The lowest BCUT2D eigenvalue weighted by atomic mass is 9.95. The number of ether oxygens (including phenoxy) is 5. The molecule has 7 rings (SSSR count). The third kappa shape index (κ3) is 12.1. The summed E-state index contributed by atoms with van der Waals surface area (Å²) < 4.78 is 31.8. The normalized spacial score (nSPS) is 21.3. The number of rotatable bonds is 29. The first-order valence-electron chi connectivity index (χ1n) is 23.9. The number of carbonyl (C=O) groups excluding carboxylic acids is 2. The van der Waals surface area contributed by atoms with Crippen LogP contribution in [0.15, 0.2) is 83.6 Å². The Kier molecular flexibility index (Phi) is 17.9. The van der Waals surface area contributed by atoms with Crippen LogP contribution < -0.4 is 10.1 Å². The van der Waals surface area contributed by atoms with Gasteiger partial charge in [-0.2, -0.15) is 4.89 Å². The standard InChI is InChI=1S/C51H70N3O10S2/c1-5-54(6-2,34-39-30-38(23-24-44(39)60-36-61-58)43(55)33-52-25-13-7-8-14-26-59-27-15-12-20-37-18-10-9-11-19-37)35-47(56)64-51(45-21-16-28-65-45,46-22-17-29-66-46)50(57)62-40-31-41-48-49(63-48)42(32-40)53(41,3)4/h9-11,16-19,21-24,28-30,40-43,48-49,52,55H,5-8,12-15,20,25-27,31-36H2,1-4H3/q+1/p+1/t40?,41?,42?,43?,48-,49+. The third-order valence-corrected chi connectivity index (χ3v) is 16.2. The van der Waals surface area contributed by atoms with Crippen LogP contribution in [0.2, 0.25) is 0 Å². The average Bonchev–Trinajstić information content (AvgIpc) is 3.58. The van der Waals surface area contributed by atoms with Crippen LogP contribution in [-0.4, -0.2) is 128 Å². The van der Waals surface area contributed by atoms with E-state index in [4.69, 9.17) is 23.7 Å². The number of likely N-dealkylation sites (N-methyl/N-ethyl adjacent to an activating group) is 2. The number of piperidine rings is 1. The van der Waals surface area contributed by atoms with E-state index < -0.39 is 30.4 Å². The number of hydrogen-bond acceptors (Lipinski definition) is 13. The third-order valence-electron chi connectivity index (χ3n) is 14.2. The van der Waals surface area contributed by atoms with Crippen molar-refractivity contribution in [3.05, 3.63) is 110 Å². The minimum Gasteiger partial charge on any atom is -0.464 e. The van der Waals surface area contributed by atoms with Crippen LogP contribution in [0, 0.1) is 0 Å². The summed E-state index contributed by atoms with van der Waals surface area (Å²) in [7, 11) is 4.47. The molecule has 3 aliphatic heterocycles. The van der Waals surface area contributed by atoms with E-state index in [-0.39, 0.29) is 41.4 Å². The van der Waals surface area contributed by atoms with Gasteiger partial charge in [0.25, 0.3) is 5.60 Å². The second-order valence-electron chi connectivity index (χ2n) is 18.7. The molecule has 360 valence electrons. The first kappa shape index (κ1) is 50.1. The van der Waals surface area contributed by atoms with Crippen molar-refractivity contribution in [3.8, 4) is 5.75 Å². The van der Waals surface area contributed by atoms with Crippen LogP contribution in [0.3, 0.4) is 0 Å². The summed E-state index contributed by atoms with van der Waals surface area (Å²) in [6, 6.07) is 23.9. The summed E-state index contributed by atoms with van der Waals surface area (Å²) in [5.74, 6) is -0.667. The van der Waals surface area contributed by atoms with Gasteiger partial charge < -0.3 is 43.1 Å². The molecule has 3 aliphatic rings. The van der Waals surface area contributed by atoms with E-state index in [0.717, 1.165) is 74.8 Å². The number of nitrogens with zero attached hydrogens (tertiary/aromatic N) is 2. The van der Waals surface area contributed by atoms with Crippen LogP contribution in [-0.2, 0) is 52.0 Å². The molecule has 0 aliphatic carbocycles. The summed E-state index contributed by atoms with van der Waals surface area (Å²) in [5, 5.41) is 27.7. The van der Waals surface area contributed by atoms with Crippen LogP contribution in [0.25, 0.3) is 0 Å². The lowest BCUT2D eigenvalue weighted by Crippen LogP contribution is -2.60. The summed E-state index contributed by atoms with van der Waals surface area (Å²) in [6.45, 7) is 7.79. The molecule has 0 spiro atoms. The number of aryl methyl sites for hydroxylation is 1. The molecule has 2 bridgehead atoms. The van der Waals surface area contributed by atoms with E-state index >= 15 is 0 Å². The molecule has 5 heterocycles. The molecule has 0 amide bonds. The van der Waals surface area contributed by atoms with Crippen molar-refractivity contribution in [3.63, 3.8) is 0 Å². The Labute approximate surface area is 398 Å². The number of hydrogen-bond donors (Lipinski definition) is 3. The van der Waals surface area contributed by atoms with Gasteiger partial charge in [-0.15, -0.1) is 22.7 Å². The van der Waals surface area contributed by atoms with Crippen LogP contribution in [0.4, 0.5) is 0 Å². The molecule has 4 unspecified atom stereocenters. The number of benzene rings is 2. The lowest BCUT2D eigenvalue weighted by Gasteiger charge is -2.45. The highest BCUT2D eigenvalue weighted by molar-refractivity contribution is 7.12. The second-order valence-corrected chi connectivity index (χ2v) is 20.6. The molecule has 3 fully saturated rings. The number of quaternary nitrogens is 2. The zero-order valence-corrected chi connectivity index (χ0v) is 40.8. The van der Waals surface area contributed by atoms with Crippen LogP contribution in [0.1, 0.15) is 97.8 Å². The van der Waals surface area contributed by atoms with Crippen molar-refractivity contribution in [2.24, 2.45) is 0 Å². The van der Waals surface area contributed by atoms with Gasteiger partial charge in [0, 0.05) is 38.2 Å². The van der Waals surface area contributed by atoms with Crippen molar-refractivity contribution >= 4 is 34.6 Å². The first-order valence-corrected chi connectivity index (χ1v) is 25.7. The number of morpholine rings is 1. The number of aliphatic hydroxyl groups excluding tert-OH is 1. The van der Waals surface area contributed by atoms with Crippen molar-refractivity contribution in [2.75, 3.05) is 66.8 Å². The number of epoxide rings is 1. The second kappa shape index (κ2) is 23.5. The largest absolute Gasteiger partial charge is 0.464 e. The fourth-order valence-electron chi connectivity index (χ4n) is 10.1. The van der Waals surface area contributed by atoms with Gasteiger partial charge in [0.15, 0.2) is 6.54 Å². The molecule has 3 saturated heterocycles. The predicted molar refractivity (Wildman–Crippen MR) is 255 cm³/mol. The number of carbonyl (C=O) groups is 2. The van der Waals surface area contributed by atoms with E-state index in [1.807, 2.05) is 54.9 Å². The lowest BCUT2D eigenvalue weighted by molar-refractivity contribution is -0.938. The van der Waals surface area contributed by atoms with E-state index in [1.54, 1.807) is 12.1 Å². The first-order chi connectivity index (χ1) is 32.0.